The molecule has 1 N–H and O–H groups in total. The van der Waals surface area contributed by atoms with Gasteiger partial charge in [0.15, 0.2) is 0 Å². The first-order valence-corrected chi connectivity index (χ1v) is 7.22. The average Bonchev–Trinajstić information content (AvgIpc) is 2.67. The number of methoxy groups -OCH3 is 1. The van der Waals surface area contributed by atoms with Gasteiger partial charge in [0.1, 0.15) is 11.9 Å². The van der Waals surface area contributed by atoms with E-state index in [4.69, 9.17) is 4.74 Å². The van der Waals surface area contributed by atoms with E-state index in [2.05, 4.69) is 22.0 Å². The van der Waals surface area contributed by atoms with Crippen molar-refractivity contribution in [1.29, 1.82) is 0 Å². The molecule has 0 saturated carbocycles. The highest BCUT2D eigenvalue weighted by atomic mass is 79.9. The molecule has 0 aliphatic rings. The first-order chi connectivity index (χ1) is 8.52. The van der Waals surface area contributed by atoms with Gasteiger partial charge in [-0.1, -0.05) is 15.9 Å². The van der Waals surface area contributed by atoms with Crippen molar-refractivity contribution < 1.29 is 9.84 Å². The number of aliphatic hydroxyl groups excluding tert-OH is 1. The van der Waals surface area contributed by atoms with Crippen LogP contribution in [0.1, 0.15) is 27.0 Å². The lowest BCUT2D eigenvalue weighted by Crippen LogP contribution is -2.02. The van der Waals surface area contributed by atoms with Crippen LogP contribution in [0.15, 0.2) is 28.7 Å². The number of hydrogen-bond acceptors (Lipinski definition) is 3. The quantitative estimate of drug-likeness (QED) is 0.915. The molecule has 0 spiro atoms. The summed E-state index contributed by atoms with van der Waals surface area (Å²) in [5, 5.41) is 10.5. The Morgan fingerprint density at radius 2 is 2.00 bits per heavy atom. The molecule has 2 nitrogen and oxygen atoms in total. The maximum Gasteiger partial charge on any atom is 0.125 e. The van der Waals surface area contributed by atoms with E-state index in [0.717, 1.165) is 20.5 Å². The molecular formula is C14H15BrO2S. The monoisotopic (exact) mass is 326 g/mol. The molecule has 0 aliphatic carbocycles. The summed E-state index contributed by atoms with van der Waals surface area (Å²) in [7, 11) is 1.62. The number of hydrogen-bond donors (Lipinski definition) is 1. The van der Waals surface area contributed by atoms with Gasteiger partial charge in [0, 0.05) is 19.8 Å². The van der Waals surface area contributed by atoms with Crippen LogP contribution in [0.2, 0.25) is 0 Å². The number of benzene rings is 1. The van der Waals surface area contributed by atoms with E-state index in [0.29, 0.717) is 5.75 Å². The second-order valence-corrected chi connectivity index (χ2v) is 6.40. The molecular weight excluding hydrogens is 312 g/mol. The molecule has 2 rings (SSSR count). The van der Waals surface area contributed by atoms with E-state index in [1.54, 1.807) is 18.4 Å². The number of aryl methyl sites for hydroxylation is 2. The molecule has 1 aromatic heterocycles. The summed E-state index contributed by atoms with van der Waals surface area (Å²) < 4.78 is 6.25. The van der Waals surface area contributed by atoms with Gasteiger partial charge in [-0.2, -0.15) is 0 Å². The minimum Gasteiger partial charge on any atom is -0.496 e. The molecule has 1 unspecified atom stereocenters. The summed E-state index contributed by atoms with van der Waals surface area (Å²) in [6.07, 6.45) is -0.642. The highest BCUT2D eigenvalue weighted by Crippen LogP contribution is 2.37. The van der Waals surface area contributed by atoms with Gasteiger partial charge in [-0.05, 0) is 43.7 Å². The van der Waals surface area contributed by atoms with Gasteiger partial charge in [0.25, 0.3) is 0 Å². The third-order valence-corrected chi connectivity index (χ3v) is 4.51. The van der Waals surface area contributed by atoms with Crippen molar-refractivity contribution in [2.75, 3.05) is 7.11 Å². The van der Waals surface area contributed by atoms with E-state index >= 15 is 0 Å². The zero-order chi connectivity index (χ0) is 13.3. The summed E-state index contributed by atoms with van der Waals surface area (Å²) in [6.45, 7) is 4.07. The summed E-state index contributed by atoms with van der Waals surface area (Å²) in [5.41, 5.74) is 1.91. The Kier molecular flexibility index (Phi) is 4.10. The molecule has 0 radical (unpaired) electrons. The van der Waals surface area contributed by atoms with Crippen molar-refractivity contribution in [3.05, 3.63) is 49.6 Å². The van der Waals surface area contributed by atoms with Gasteiger partial charge in [0.05, 0.1) is 7.11 Å². The van der Waals surface area contributed by atoms with E-state index in [1.807, 2.05) is 32.0 Å². The van der Waals surface area contributed by atoms with Gasteiger partial charge in [-0.15, -0.1) is 11.3 Å². The zero-order valence-electron chi connectivity index (χ0n) is 10.5. The first-order valence-electron chi connectivity index (χ1n) is 5.61. The van der Waals surface area contributed by atoms with Crippen molar-refractivity contribution in [3.63, 3.8) is 0 Å². The Balaban J connectivity index is 2.48. The highest BCUT2D eigenvalue weighted by Gasteiger charge is 2.19. The number of thiophene rings is 1. The Hall–Kier alpha value is -0.840. The molecule has 4 heteroatoms. The summed E-state index contributed by atoms with van der Waals surface area (Å²) in [5.74, 6) is 0.705. The van der Waals surface area contributed by atoms with Gasteiger partial charge in [-0.3, -0.25) is 0 Å². The van der Waals surface area contributed by atoms with Crippen LogP contribution in [0.5, 0.6) is 5.75 Å². The van der Waals surface area contributed by atoms with Crippen LogP contribution in [0.25, 0.3) is 0 Å². The van der Waals surface area contributed by atoms with Gasteiger partial charge in [0.2, 0.25) is 0 Å². The third-order valence-electron chi connectivity index (χ3n) is 2.81. The van der Waals surface area contributed by atoms with Gasteiger partial charge in [-0.25, -0.2) is 0 Å². The predicted octanol–water partition coefficient (Wildman–Crippen LogP) is 4.22. The first kappa shape index (κ1) is 13.6. The average molecular weight is 327 g/mol. The van der Waals surface area contributed by atoms with Crippen molar-refractivity contribution in [1.82, 2.24) is 0 Å². The van der Waals surface area contributed by atoms with Crippen LogP contribution in [0.4, 0.5) is 0 Å². The molecule has 1 aromatic carbocycles. The van der Waals surface area contributed by atoms with Crippen LogP contribution in [0.3, 0.4) is 0 Å². The number of ether oxygens (including phenoxy) is 1. The largest absolute Gasteiger partial charge is 0.496 e. The lowest BCUT2D eigenvalue weighted by molar-refractivity contribution is 0.217. The topological polar surface area (TPSA) is 29.5 Å². The van der Waals surface area contributed by atoms with E-state index in [1.165, 1.54) is 4.88 Å². The summed E-state index contributed by atoms with van der Waals surface area (Å²) in [6, 6.07) is 7.76. The molecule has 0 saturated heterocycles. The Bertz CT molecular complexity index is 563. The molecule has 0 bridgehead atoms. The third kappa shape index (κ3) is 2.60. The van der Waals surface area contributed by atoms with Crippen molar-refractivity contribution >= 4 is 27.3 Å². The molecule has 18 heavy (non-hydrogen) atoms. The number of halogens is 1. The maximum atomic E-state index is 10.5. The van der Waals surface area contributed by atoms with Crippen LogP contribution in [-0.4, -0.2) is 12.2 Å². The maximum absolute atomic E-state index is 10.5. The fourth-order valence-electron chi connectivity index (χ4n) is 1.99. The SMILES string of the molecule is COc1ccc(Br)cc1C(O)c1sc(C)cc1C. The van der Waals surface area contributed by atoms with E-state index in [9.17, 15) is 5.11 Å². The molecule has 0 amide bonds. The Labute approximate surface area is 119 Å². The fourth-order valence-corrected chi connectivity index (χ4v) is 3.41. The second-order valence-electron chi connectivity index (χ2n) is 4.19. The molecule has 0 fully saturated rings. The van der Waals surface area contributed by atoms with Gasteiger partial charge < -0.3 is 9.84 Å². The highest BCUT2D eigenvalue weighted by molar-refractivity contribution is 9.10. The minimum absolute atomic E-state index is 0.642. The van der Waals surface area contributed by atoms with Crippen molar-refractivity contribution in [2.24, 2.45) is 0 Å². The fraction of sp³-hybridized carbons (Fsp3) is 0.286. The second kappa shape index (κ2) is 5.43. The molecule has 96 valence electrons. The van der Waals surface area contributed by atoms with Crippen LogP contribution in [0, 0.1) is 13.8 Å². The van der Waals surface area contributed by atoms with Crippen molar-refractivity contribution in [3.8, 4) is 5.75 Å². The Morgan fingerprint density at radius 1 is 1.28 bits per heavy atom. The number of rotatable bonds is 3. The van der Waals surface area contributed by atoms with E-state index in [-0.39, 0.29) is 0 Å². The molecule has 2 aromatic rings. The molecule has 1 atom stereocenters. The predicted molar refractivity (Wildman–Crippen MR) is 78.5 cm³/mol. The standard InChI is InChI=1S/C14H15BrO2S/c1-8-6-9(2)18-14(8)13(16)11-7-10(15)4-5-12(11)17-3/h4-7,13,16H,1-3H3. The van der Waals surface area contributed by atoms with Crippen LogP contribution < -0.4 is 4.74 Å². The van der Waals surface area contributed by atoms with Crippen LogP contribution in [-0.2, 0) is 0 Å². The molecule has 1 heterocycles. The minimum atomic E-state index is -0.642. The number of aliphatic hydroxyl groups is 1. The van der Waals surface area contributed by atoms with Crippen LogP contribution >= 0.6 is 27.3 Å². The lowest BCUT2D eigenvalue weighted by atomic mass is 10.0. The summed E-state index contributed by atoms with van der Waals surface area (Å²) >= 11 is 5.05. The molecule has 0 aliphatic heterocycles. The van der Waals surface area contributed by atoms with E-state index < -0.39 is 6.10 Å². The summed E-state index contributed by atoms with van der Waals surface area (Å²) in [4.78, 5) is 2.18. The Morgan fingerprint density at radius 3 is 2.56 bits per heavy atom. The normalized spacial score (nSPS) is 12.5. The lowest BCUT2D eigenvalue weighted by Gasteiger charge is -2.15. The van der Waals surface area contributed by atoms with Gasteiger partial charge >= 0.3 is 0 Å². The zero-order valence-corrected chi connectivity index (χ0v) is 12.9. The van der Waals surface area contributed by atoms with Crippen molar-refractivity contribution in [2.45, 2.75) is 20.0 Å². The smallest absolute Gasteiger partial charge is 0.125 e.